The van der Waals surface area contributed by atoms with Crippen LogP contribution in [0, 0.1) is 5.92 Å². The summed E-state index contributed by atoms with van der Waals surface area (Å²) in [6, 6.07) is 11.0. The number of halogens is 1. The summed E-state index contributed by atoms with van der Waals surface area (Å²) in [7, 11) is 0. The molecule has 0 aliphatic rings. The zero-order valence-electron chi connectivity index (χ0n) is 21.2. The lowest BCUT2D eigenvalue weighted by Crippen LogP contribution is -2.48. The Morgan fingerprint density at radius 3 is 1.55 bits per heavy atom. The first-order chi connectivity index (χ1) is 14.7. The van der Waals surface area contributed by atoms with Gasteiger partial charge in [0.05, 0.1) is 0 Å². The number of hydrogen-bond acceptors (Lipinski definition) is 1. The third kappa shape index (κ3) is 14.3. The minimum Gasteiger partial charge on any atom is -0.325 e. The second-order valence-electron chi connectivity index (χ2n) is 9.80. The summed E-state index contributed by atoms with van der Waals surface area (Å²) in [5.41, 5.74) is 8.52. The average Bonchev–Trinajstić information content (AvgIpc) is 2.74. The van der Waals surface area contributed by atoms with Gasteiger partial charge in [0.2, 0.25) is 0 Å². The van der Waals surface area contributed by atoms with Gasteiger partial charge in [-0.15, -0.1) is 12.4 Å². The van der Waals surface area contributed by atoms with E-state index in [0.29, 0.717) is 5.92 Å². The molecule has 0 fully saturated rings. The molecule has 0 bridgehead atoms. The molecule has 0 heterocycles. The molecule has 0 aromatic heterocycles. The van der Waals surface area contributed by atoms with Crippen molar-refractivity contribution in [1.82, 2.24) is 0 Å². The van der Waals surface area contributed by atoms with E-state index in [0.717, 1.165) is 19.3 Å². The molecule has 1 aromatic carbocycles. The Morgan fingerprint density at radius 2 is 1.10 bits per heavy atom. The zero-order chi connectivity index (χ0) is 21.9. The van der Waals surface area contributed by atoms with Crippen molar-refractivity contribution < 1.29 is 0 Å². The van der Waals surface area contributed by atoms with E-state index in [1.165, 1.54) is 102 Å². The molecular formula is C29H54ClN. The maximum absolute atomic E-state index is 7.05. The SMILES string of the molecule is CCCCCCCCCCCCCCC(Cc1ccccc1)C(N)(CCC)CCC.Cl. The van der Waals surface area contributed by atoms with Crippen molar-refractivity contribution in [2.75, 3.05) is 0 Å². The molecule has 2 N–H and O–H groups in total. The highest BCUT2D eigenvalue weighted by Gasteiger charge is 2.32. The van der Waals surface area contributed by atoms with Crippen molar-refractivity contribution in [2.24, 2.45) is 11.7 Å². The van der Waals surface area contributed by atoms with Gasteiger partial charge in [0.25, 0.3) is 0 Å². The van der Waals surface area contributed by atoms with E-state index in [4.69, 9.17) is 5.73 Å². The van der Waals surface area contributed by atoms with E-state index < -0.39 is 0 Å². The van der Waals surface area contributed by atoms with Crippen LogP contribution in [0.5, 0.6) is 0 Å². The number of nitrogens with two attached hydrogens (primary N) is 1. The second-order valence-corrected chi connectivity index (χ2v) is 9.80. The molecule has 1 aromatic rings. The maximum Gasteiger partial charge on any atom is 0.0185 e. The van der Waals surface area contributed by atoms with Crippen LogP contribution in [0.3, 0.4) is 0 Å². The minimum atomic E-state index is 0. The Balaban J connectivity index is 0.00000900. The fraction of sp³-hybridized carbons (Fsp3) is 0.793. The summed E-state index contributed by atoms with van der Waals surface area (Å²) in [6.45, 7) is 6.88. The molecule has 0 amide bonds. The minimum absolute atomic E-state index is 0. The summed E-state index contributed by atoms with van der Waals surface area (Å²) in [5, 5.41) is 0. The molecule has 31 heavy (non-hydrogen) atoms. The van der Waals surface area contributed by atoms with Gasteiger partial charge in [-0.2, -0.15) is 0 Å². The first kappa shape index (κ1) is 30.5. The Bertz CT molecular complexity index is 481. The van der Waals surface area contributed by atoms with Gasteiger partial charge in [0.15, 0.2) is 0 Å². The fourth-order valence-electron chi connectivity index (χ4n) is 5.19. The monoisotopic (exact) mass is 451 g/mol. The van der Waals surface area contributed by atoms with Crippen LogP contribution in [0.1, 0.15) is 135 Å². The molecule has 0 aliphatic carbocycles. The van der Waals surface area contributed by atoms with Crippen molar-refractivity contribution >= 4 is 12.4 Å². The van der Waals surface area contributed by atoms with Crippen LogP contribution in [-0.4, -0.2) is 5.54 Å². The first-order valence-corrected chi connectivity index (χ1v) is 13.5. The van der Waals surface area contributed by atoms with Gasteiger partial charge in [0.1, 0.15) is 0 Å². The van der Waals surface area contributed by atoms with Crippen molar-refractivity contribution in [3.05, 3.63) is 35.9 Å². The highest BCUT2D eigenvalue weighted by atomic mass is 35.5. The van der Waals surface area contributed by atoms with Crippen molar-refractivity contribution in [1.29, 1.82) is 0 Å². The standard InChI is InChI=1S/C29H53N.ClH/c1-4-7-8-9-10-11-12-13-14-15-16-20-23-28(26-27-21-18-17-19-22-27)29(30,24-5-2)25-6-3;/h17-19,21-22,28H,4-16,20,23-26,30H2,1-3H3;1H. The maximum atomic E-state index is 7.05. The van der Waals surface area contributed by atoms with Gasteiger partial charge in [-0.25, -0.2) is 0 Å². The van der Waals surface area contributed by atoms with E-state index in [9.17, 15) is 0 Å². The fourth-order valence-corrected chi connectivity index (χ4v) is 5.19. The third-order valence-corrected chi connectivity index (χ3v) is 6.98. The molecule has 0 saturated carbocycles. The number of hydrogen-bond donors (Lipinski definition) is 1. The molecule has 182 valence electrons. The highest BCUT2D eigenvalue weighted by molar-refractivity contribution is 5.85. The van der Waals surface area contributed by atoms with Gasteiger partial charge in [-0.3, -0.25) is 0 Å². The molecular weight excluding hydrogens is 398 g/mol. The molecule has 0 spiro atoms. The summed E-state index contributed by atoms with van der Waals surface area (Å²) in [6.07, 6.45) is 24.2. The van der Waals surface area contributed by atoms with Crippen LogP contribution in [0.2, 0.25) is 0 Å². The van der Waals surface area contributed by atoms with E-state index in [1.54, 1.807) is 0 Å². The first-order valence-electron chi connectivity index (χ1n) is 13.5. The Hall–Kier alpha value is -0.530. The van der Waals surface area contributed by atoms with E-state index in [2.05, 4.69) is 51.1 Å². The van der Waals surface area contributed by atoms with Gasteiger partial charge < -0.3 is 5.73 Å². The third-order valence-electron chi connectivity index (χ3n) is 6.98. The Morgan fingerprint density at radius 1 is 0.645 bits per heavy atom. The predicted molar refractivity (Wildman–Crippen MR) is 143 cm³/mol. The van der Waals surface area contributed by atoms with Crippen LogP contribution in [0.4, 0.5) is 0 Å². The van der Waals surface area contributed by atoms with Crippen LogP contribution in [0.25, 0.3) is 0 Å². The summed E-state index contributed by atoms with van der Waals surface area (Å²) < 4.78 is 0. The van der Waals surface area contributed by atoms with Crippen molar-refractivity contribution in [3.63, 3.8) is 0 Å². The number of unbranched alkanes of at least 4 members (excludes halogenated alkanes) is 11. The zero-order valence-corrected chi connectivity index (χ0v) is 22.0. The number of rotatable bonds is 20. The summed E-state index contributed by atoms with van der Waals surface area (Å²) >= 11 is 0. The quantitative estimate of drug-likeness (QED) is 0.196. The van der Waals surface area contributed by atoms with Crippen LogP contribution < -0.4 is 5.73 Å². The topological polar surface area (TPSA) is 26.0 Å². The summed E-state index contributed by atoms with van der Waals surface area (Å²) in [5.74, 6) is 0.614. The molecule has 1 unspecified atom stereocenters. The van der Waals surface area contributed by atoms with Crippen molar-refractivity contribution in [2.45, 2.75) is 142 Å². The normalized spacial score (nSPS) is 12.5. The van der Waals surface area contributed by atoms with Gasteiger partial charge in [0, 0.05) is 5.54 Å². The lowest BCUT2D eigenvalue weighted by Gasteiger charge is -2.38. The predicted octanol–water partition coefficient (Wildman–Crippen LogP) is 9.66. The smallest absolute Gasteiger partial charge is 0.0185 e. The highest BCUT2D eigenvalue weighted by Crippen LogP contribution is 2.33. The molecule has 1 nitrogen and oxygen atoms in total. The van der Waals surface area contributed by atoms with Crippen LogP contribution in [0.15, 0.2) is 30.3 Å². The van der Waals surface area contributed by atoms with Gasteiger partial charge >= 0.3 is 0 Å². The lowest BCUT2D eigenvalue weighted by atomic mass is 9.72. The van der Waals surface area contributed by atoms with Crippen LogP contribution >= 0.6 is 12.4 Å². The molecule has 0 aliphatic heterocycles. The molecule has 2 heteroatoms. The summed E-state index contributed by atoms with van der Waals surface area (Å²) in [4.78, 5) is 0. The second kappa shape index (κ2) is 20.1. The van der Waals surface area contributed by atoms with Gasteiger partial charge in [-0.1, -0.05) is 141 Å². The van der Waals surface area contributed by atoms with E-state index in [1.807, 2.05) is 0 Å². The van der Waals surface area contributed by atoms with Crippen LogP contribution in [-0.2, 0) is 6.42 Å². The number of benzene rings is 1. The van der Waals surface area contributed by atoms with E-state index in [-0.39, 0.29) is 17.9 Å². The molecule has 0 saturated heterocycles. The Labute approximate surface area is 201 Å². The van der Waals surface area contributed by atoms with Crippen molar-refractivity contribution in [3.8, 4) is 0 Å². The molecule has 0 radical (unpaired) electrons. The van der Waals surface area contributed by atoms with Gasteiger partial charge in [-0.05, 0) is 37.2 Å². The molecule has 1 atom stereocenters. The van der Waals surface area contributed by atoms with E-state index >= 15 is 0 Å². The Kier molecular flexibility index (Phi) is 19.8. The average molecular weight is 452 g/mol. The lowest BCUT2D eigenvalue weighted by molar-refractivity contribution is 0.211. The largest absolute Gasteiger partial charge is 0.325 e. The molecule has 1 rings (SSSR count).